The maximum Gasteiger partial charge on any atom is 0.418 e. The Hall–Kier alpha value is -2.05. The topological polar surface area (TPSA) is 49.3 Å². The number of halogens is 4. The van der Waals surface area contributed by atoms with E-state index < -0.39 is 23.8 Å². The molecule has 0 unspecified atom stereocenters. The number of hydrogen-bond acceptors (Lipinski definition) is 2. The molecule has 0 bridgehead atoms. The third-order valence-corrected chi connectivity index (χ3v) is 3.37. The Kier molecular flexibility index (Phi) is 5.28. The van der Waals surface area contributed by atoms with Gasteiger partial charge in [0.2, 0.25) is 5.91 Å². The second kappa shape index (κ2) is 7.02. The molecule has 2 aromatic carbocycles. The largest absolute Gasteiger partial charge is 0.418 e. The second-order valence-corrected chi connectivity index (χ2v) is 5.32. The molecule has 1 atom stereocenters. The van der Waals surface area contributed by atoms with Crippen LogP contribution in [0.25, 0.3) is 0 Å². The summed E-state index contributed by atoms with van der Waals surface area (Å²) in [4.78, 5) is 12.0. The van der Waals surface area contributed by atoms with Crippen LogP contribution in [0.2, 0.25) is 5.02 Å². The zero-order valence-corrected chi connectivity index (χ0v) is 12.5. The molecule has 2 aromatic rings. The second-order valence-electron chi connectivity index (χ2n) is 4.88. The lowest BCUT2D eigenvalue weighted by Crippen LogP contribution is -2.23. The number of alkyl halides is 3. The third-order valence-electron chi connectivity index (χ3n) is 3.12. The van der Waals surface area contributed by atoms with Crippen LogP contribution in [0.15, 0.2) is 48.5 Å². The third kappa shape index (κ3) is 4.71. The Morgan fingerprint density at radius 3 is 2.35 bits per heavy atom. The molecule has 0 saturated carbocycles. The first-order valence-corrected chi connectivity index (χ1v) is 7.03. The molecule has 2 N–H and O–H groups in total. The van der Waals surface area contributed by atoms with Gasteiger partial charge in [-0.1, -0.05) is 41.9 Å². The molecule has 0 spiro atoms. The van der Waals surface area contributed by atoms with Gasteiger partial charge in [0.25, 0.3) is 0 Å². The van der Waals surface area contributed by atoms with Crippen LogP contribution in [-0.4, -0.2) is 17.2 Å². The van der Waals surface area contributed by atoms with Crippen molar-refractivity contribution in [3.63, 3.8) is 0 Å². The van der Waals surface area contributed by atoms with Crippen LogP contribution in [0.1, 0.15) is 17.2 Å². The molecule has 7 heteroatoms. The molecular weight excluding hydrogens is 331 g/mol. The van der Waals surface area contributed by atoms with Gasteiger partial charge < -0.3 is 10.4 Å². The van der Waals surface area contributed by atoms with E-state index in [2.05, 4.69) is 5.32 Å². The van der Waals surface area contributed by atoms with Gasteiger partial charge in [-0.05, 0) is 23.8 Å². The lowest BCUT2D eigenvalue weighted by atomic mass is 10.1. The fourth-order valence-electron chi connectivity index (χ4n) is 2.01. The Morgan fingerprint density at radius 1 is 1.13 bits per heavy atom. The first kappa shape index (κ1) is 17.3. The van der Waals surface area contributed by atoms with Crippen molar-refractivity contribution in [1.29, 1.82) is 0 Å². The number of para-hydroxylation sites is 1. The van der Waals surface area contributed by atoms with Crippen LogP contribution in [0.5, 0.6) is 0 Å². The number of carbonyl (C=O) groups excluding carboxylic acids is 1. The number of carbonyl (C=O) groups is 1. The van der Waals surface area contributed by atoms with Crippen LogP contribution >= 0.6 is 11.6 Å². The Balaban J connectivity index is 2.13. The summed E-state index contributed by atoms with van der Waals surface area (Å²) in [6, 6.07) is 11.8. The van der Waals surface area contributed by atoms with Crippen molar-refractivity contribution in [2.45, 2.75) is 18.7 Å². The first-order valence-electron chi connectivity index (χ1n) is 6.65. The monoisotopic (exact) mass is 343 g/mol. The fourth-order valence-corrected chi connectivity index (χ4v) is 2.13. The Bertz CT molecular complexity index is 686. The molecule has 0 radical (unpaired) electrons. The molecule has 2 rings (SSSR count). The highest BCUT2D eigenvalue weighted by atomic mass is 35.5. The Morgan fingerprint density at radius 2 is 1.74 bits per heavy atom. The fraction of sp³-hybridized carbons (Fsp3) is 0.188. The highest BCUT2D eigenvalue weighted by Crippen LogP contribution is 2.35. The minimum Gasteiger partial charge on any atom is -0.379 e. The van der Waals surface area contributed by atoms with Crippen molar-refractivity contribution >= 4 is 23.2 Å². The maximum atomic E-state index is 12.7. The predicted octanol–water partition coefficient (Wildman–Crippen LogP) is 4.12. The van der Waals surface area contributed by atoms with E-state index in [0.717, 1.165) is 6.07 Å². The summed E-state index contributed by atoms with van der Waals surface area (Å²) in [5.74, 6) is -0.492. The van der Waals surface area contributed by atoms with Crippen molar-refractivity contribution in [1.82, 2.24) is 0 Å². The molecule has 0 fully saturated rings. The number of amides is 1. The van der Waals surface area contributed by atoms with E-state index in [9.17, 15) is 23.1 Å². The normalized spacial score (nSPS) is 12.7. The van der Waals surface area contributed by atoms with Gasteiger partial charge in [0.1, 0.15) is 0 Å². The van der Waals surface area contributed by atoms with E-state index in [1.54, 1.807) is 24.3 Å². The van der Waals surface area contributed by atoms with E-state index in [1.165, 1.54) is 18.2 Å². The summed E-state index contributed by atoms with van der Waals surface area (Å²) in [6.45, 7) is 0. The molecule has 3 nitrogen and oxygen atoms in total. The molecule has 0 aromatic heterocycles. The summed E-state index contributed by atoms with van der Waals surface area (Å²) in [6.07, 6.45) is -7.49. The van der Waals surface area contributed by atoms with Gasteiger partial charge in [-0.2, -0.15) is 13.2 Å². The van der Waals surface area contributed by atoms with Crippen molar-refractivity contribution < 1.29 is 23.1 Å². The maximum absolute atomic E-state index is 12.7. The molecule has 0 aliphatic rings. The molecule has 23 heavy (non-hydrogen) atoms. The van der Waals surface area contributed by atoms with Crippen molar-refractivity contribution in [3.8, 4) is 0 Å². The average molecular weight is 344 g/mol. The molecular formula is C16H13ClF3NO2. The zero-order valence-electron chi connectivity index (χ0n) is 11.8. The highest BCUT2D eigenvalue weighted by Gasteiger charge is 2.40. The van der Waals surface area contributed by atoms with Crippen LogP contribution in [0, 0.1) is 0 Å². The standard InChI is InChI=1S/C16H13ClF3NO2/c17-11-7-5-10(6-8-11)9-14(22)21-13-4-2-1-3-12(13)15(23)16(18,19)20/h1-8,15,23H,9H2,(H,21,22)/t15-/m1/s1. The smallest absolute Gasteiger partial charge is 0.379 e. The first-order chi connectivity index (χ1) is 10.8. The Labute approximate surface area is 135 Å². The SMILES string of the molecule is O=C(Cc1ccc(Cl)cc1)Nc1ccccc1[C@@H](O)C(F)(F)F. The van der Waals surface area contributed by atoms with E-state index in [4.69, 9.17) is 11.6 Å². The number of aliphatic hydroxyl groups excluding tert-OH is 1. The number of aliphatic hydroxyl groups is 1. The molecule has 1 amide bonds. The summed E-state index contributed by atoms with van der Waals surface area (Å²) < 4.78 is 38.0. The summed E-state index contributed by atoms with van der Waals surface area (Å²) in [5.41, 5.74) is 0.196. The van der Waals surface area contributed by atoms with E-state index in [1.807, 2.05) is 0 Å². The predicted molar refractivity (Wildman–Crippen MR) is 81.2 cm³/mol. The zero-order chi connectivity index (χ0) is 17.0. The van der Waals surface area contributed by atoms with Gasteiger partial charge in [0.15, 0.2) is 6.10 Å². The van der Waals surface area contributed by atoms with Gasteiger partial charge >= 0.3 is 6.18 Å². The molecule has 0 aliphatic heterocycles. The van der Waals surface area contributed by atoms with Crippen LogP contribution in [0.4, 0.5) is 18.9 Å². The minimum absolute atomic E-state index is 0.0202. The van der Waals surface area contributed by atoms with E-state index >= 15 is 0 Å². The van der Waals surface area contributed by atoms with Crippen molar-refractivity contribution in [2.24, 2.45) is 0 Å². The molecule has 0 saturated heterocycles. The quantitative estimate of drug-likeness (QED) is 0.877. The summed E-state index contributed by atoms with van der Waals surface area (Å²) >= 11 is 5.74. The lowest BCUT2D eigenvalue weighted by Gasteiger charge is -2.18. The van der Waals surface area contributed by atoms with Crippen LogP contribution < -0.4 is 5.32 Å². The number of anilines is 1. The van der Waals surface area contributed by atoms with Crippen LogP contribution in [-0.2, 0) is 11.2 Å². The summed E-state index contributed by atoms with van der Waals surface area (Å²) in [7, 11) is 0. The van der Waals surface area contributed by atoms with E-state index in [0.29, 0.717) is 10.6 Å². The van der Waals surface area contributed by atoms with Gasteiger partial charge in [0, 0.05) is 16.3 Å². The van der Waals surface area contributed by atoms with Gasteiger partial charge in [-0.15, -0.1) is 0 Å². The van der Waals surface area contributed by atoms with Crippen molar-refractivity contribution in [2.75, 3.05) is 5.32 Å². The lowest BCUT2D eigenvalue weighted by molar-refractivity contribution is -0.206. The number of hydrogen-bond donors (Lipinski definition) is 2. The highest BCUT2D eigenvalue weighted by molar-refractivity contribution is 6.30. The van der Waals surface area contributed by atoms with Gasteiger partial charge in [-0.3, -0.25) is 4.79 Å². The van der Waals surface area contributed by atoms with Crippen molar-refractivity contribution in [3.05, 3.63) is 64.7 Å². The number of rotatable bonds is 4. The molecule has 122 valence electrons. The molecule has 0 heterocycles. The van der Waals surface area contributed by atoms with E-state index in [-0.39, 0.29) is 12.1 Å². The number of nitrogens with one attached hydrogen (secondary N) is 1. The number of benzene rings is 2. The minimum atomic E-state index is -4.81. The summed E-state index contributed by atoms with van der Waals surface area (Å²) in [5, 5.41) is 12.3. The average Bonchev–Trinajstić information content (AvgIpc) is 2.48. The van der Waals surface area contributed by atoms with Gasteiger partial charge in [-0.25, -0.2) is 0 Å². The van der Waals surface area contributed by atoms with Crippen LogP contribution in [0.3, 0.4) is 0 Å². The van der Waals surface area contributed by atoms with Gasteiger partial charge in [0.05, 0.1) is 6.42 Å². The molecule has 0 aliphatic carbocycles.